The molecule has 4 heteroatoms. The number of rotatable bonds is 1. The van der Waals surface area contributed by atoms with Gasteiger partial charge in [-0.2, -0.15) is 0 Å². The monoisotopic (exact) mass is 315 g/mol. The number of fused-ring (bicyclic) bond motifs is 2. The van der Waals surface area contributed by atoms with Gasteiger partial charge >= 0.3 is 0 Å². The van der Waals surface area contributed by atoms with Gasteiger partial charge in [-0.25, -0.2) is 0 Å². The number of benzene rings is 2. The highest BCUT2D eigenvalue weighted by Gasteiger charge is 2.33. The van der Waals surface area contributed by atoms with Gasteiger partial charge in [0.05, 0.1) is 0 Å². The van der Waals surface area contributed by atoms with Gasteiger partial charge in [0, 0.05) is 15.7 Å². The van der Waals surface area contributed by atoms with E-state index in [9.17, 15) is 0 Å². The lowest BCUT2D eigenvalue weighted by Gasteiger charge is -2.17. The van der Waals surface area contributed by atoms with Crippen molar-refractivity contribution >= 4 is 29.2 Å². The van der Waals surface area contributed by atoms with E-state index in [0.29, 0.717) is 0 Å². The van der Waals surface area contributed by atoms with Crippen LogP contribution in [-0.4, -0.2) is 18.9 Å². The Morgan fingerprint density at radius 2 is 2.05 bits per heavy atom. The van der Waals surface area contributed by atoms with Crippen LogP contribution in [0, 0.1) is 0 Å². The van der Waals surface area contributed by atoms with E-state index >= 15 is 0 Å². The maximum absolute atomic E-state index is 6.27. The summed E-state index contributed by atoms with van der Waals surface area (Å²) in [6.45, 7) is 1.97. The molecule has 2 heterocycles. The molecule has 1 atom stereocenters. The minimum atomic E-state index is 0.229. The lowest BCUT2D eigenvalue weighted by atomic mass is 9.87. The van der Waals surface area contributed by atoms with Crippen molar-refractivity contribution in [3.05, 3.63) is 64.2 Å². The summed E-state index contributed by atoms with van der Waals surface area (Å²) in [6, 6.07) is 15.0. The summed E-state index contributed by atoms with van der Waals surface area (Å²) in [7, 11) is 0. The molecule has 2 aromatic carbocycles. The van der Waals surface area contributed by atoms with E-state index in [1.165, 1.54) is 27.4 Å². The molecule has 0 saturated carbocycles. The largest absolute Gasteiger partial charge is 0.274 e. The maximum atomic E-state index is 6.27. The molecule has 2 N–H and O–H groups in total. The third-order valence-electron chi connectivity index (χ3n) is 4.08. The number of amidine groups is 1. The minimum Gasteiger partial charge on any atom is -0.274 e. The van der Waals surface area contributed by atoms with Crippen molar-refractivity contribution in [1.82, 2.24) is 5.32 Å². The molecule has 0 aliphatic carbocycles. The van der Waals surface area contributed by atoms with E-state index in [0.717, 1.165) is 23.9 Å². The summed E-state index contributed by atoms with van der Waals surface area (Å²) in [5.74, 6) is 2.44. The van der Waals surface area contributed by atoms with Crippen molar-refractivity contribution in [1.29, 1.82) is 0 Å². The lowest BCUT2D eigenvalue weighted by Crippen LogP contribution is -2.71. The molecule has 2 aliphatic rings. The first-order valence-corrected chi connectivity index (χ1v) is 8.54. The van der Waals surface area contributed by atoms with Crippen molar-refractivity contribution in [2.45, 2.75) is 16.6 Å². The van der Waals surface area contributed by atoms with Crippen LogP contribution in [0.25, 0.3) is 0 Å². The Hall–Kier alpha value is -1.45. The zero-order valence-electron chi connectivity index (χ0n) is 11.5. The van der Waals surface area contributed by atoms with Crippen LogP contribution in [0.5, 0.6) is 0 Å². The molecule has 0 unspecified atom stereocenters. The third-order valence-corrected chi connectivity index (χ3v) is 5.45. The van der Waals surface area contributed by atoms with Gasteiger partial charge in [-0.3, -0.25) is 10.3 Å². The lowest BCUT2D eigenvalue weighted by molar-refractivity contribution is -0.446. The Morgan fingerprint density at radius 1 is 1.14 bits per heavy atom. The number of hydrogen-bond acceptors (Lipinski definition) is 2. The fourth-order valence-corrected chi connectivity index (χ4v) is 4.38. The third kappa shape index (κ3) is 2.34. The van der Waals surface area contributed by atoms with Crippen LogP contribution >= 0.6 is 23.4 Å². The molecular weight excluding hydrogens is 300 g/mol. The first kappa shape index (κ1) is 13.2. The molecule has 0 fully saturated rings. The second-order valence-corrected chi connectivity index (χ2v) is 6.82. The van der Waals surface area contributed by atoms with E-state index in [1.807, 2.05) is 17.8 Å². The van der Waals surface area contributed by atoms with E-state index in [-0.39, 0.29) is 5.92 Å². The molecule has 21 heavy (non-hydrogen) atoms. The fourth-order valence-electron chi connectivity index (χ4n) is 3.12. The molecule has 0 amide bonds. The van der Waals surface area contributed by atoms with E-state index in [1.54, 1.807) is 0 Å². The molecule has 2 aliphatic heterocycles. The normalized spacial score (nSPS) is 20.0. The van der Waals surface area contributed by atoms with Crippen LogP contribution in [0.3, 0.4) is 0 Å². The summed E-state index contributed by atoms with van der Waals surface area (Å²) in [5, 5.41) is 4.31. The van der Waals surface area contributed by atoms with Gasteiger partial charge in [0.1, 0.15) is 19.0 Å². The summed E-state index contributed by atoms with van der Waals surface area (Å²) < 4.78 is 0. The highest BCUT2D eigenvalue weighted by Crippen LogP contribution is 2.41. The Balaban J connectivity index is 1.95. The Bertz CT molecular complexity index is 726. The van der Waals surface area contributed by atoms with Gasteiger partial charge in [0.15, 0.2) is 0 Å². The van der Waals surface area contributed by atoms with Crippen LogP contribution in [0.4, 0.5) is 0 Å². The predicted octanol–water partition coefficient (Wildman–Crippen LogP) is 2.16. The van der Waals surface area contributed by atoms with Crippen molar-refractivity contribution in [2.24, 2.45) is 0 Å². The van der Waals surface area contributed by atoms with Crippen LogP contribution in [-0.2, 0) is 5.75 Å². The van der Waals surface area contributed by atoms with Gasteiger partial charge in [-0.05, 0) is 34.9 Å². The predicted molar refractivity (Wildman–Crippen MR) is 88.1 cm³/mol. The van der Waals surface area contributed by atoms with Gasteiger partial charge < -0.3 is 0 Å². The van der Waals surface area contributed by atoms with Crippen LogP contribution < -0.4 is 10.3 Å². The van der Waals surface area contributed by atoms with Crippen molar-refractivity contribution < 1.29 is 4.99 Å². The summed E-state index contributed by atoms with van der Waals surface area (Å²) in [4.78, 5) is 4.83. The van der Waals surface area contributed by atoms with E-state index in [4.69, 9.17) is 11.6 Å². The van der Waals surface area contributed by atoms with Gasteiger partial charge in [0.2, 0.25) is 0 Å². The molecule has 0 spiro atoms. The fraction of sp³-hybridized carbons (Fsp3) is 0.235. The van der Waals surface area contributed by atoms with Crippen LogP contribution in [0.2, 0.25) is 5.02 Å². The standard InChI is InChI=1S/C17H15ClN2S/c18-12-5-6-15-14(9-12)16(17-19-7-8-20-17)13-4-2-1-3-11(13)10-21-15/h1-6,9,16H,7-8,10H2,(H,19,20)/p+1/t16-/m1/s1. The molecule has 2 nitrogen and oxygen atoms in total. The first-order valence-electron chi connectivity index (χ1n) is 7.17. The molecule has 106 valence electrons. The quantitative estimate of drug-likeness (QED) is 0.843. The van der Waals surface area contributed by atoms with Gasteiger partial charge in [-0.15, -0.1) is 11.8 Å². The minimum absolute atomic E-state index is 0.229. The maximum Gasteiger partial charge on any atom is 0.255 e. The Morgan fingerprint density at radius 3 is 2.90 bits per heavy atom. The SMILES string of the molecule is Clc1ccc2c(c1)[C@H](C1=[NH+]CCN1)c1ccccc1CS2. The topological polar surface area (TPSA) is 26.0 Å². The molecule has 0 radical (unpaired) electrons. The zero-order valence-corrected chi connectivity index (χ0v) is 13.1. The zero-order chi connectivity index (χ0) is 14.2. The van der Waals surface area contributed by atoms with Crippen LogP contribution in [0.1, 0.15) is 22.6 Å². The van der Waals surface area contributed by atoms with Crippen molar-refractivity contribution in [3.8, 4) is 0 Å². The summed E-state index contributed by atoms with van der Waals surface area (Å²) >= 11 is 8.17. The second kappa shape index (κ2) is 5.39. The molecule has 4 rings (SSSR count). The highest BCUT2D eigenvalue weighted by molar-refractivity contribution is 7.98. The number of nitrogens with one attached hydrogen (secondary N) is 2. The molecular formula is C17H16ClN2S+. The molecule has 0 saturated heterocycles. The van der Waals surface area contributed by atoms with Crippen LogP contribution in [0.15, 0.2) is 47.4 Å². The van der Waals surface area contributed by atoms with Crippen molar-refractivity contribution in [2.75, 3.05) is 13.1 Å². The smallest absolute Gasteiger partial charge is 0.255 e. The van der Waals surface area contributed by atoms with Gasteiger partial charge in [-0.1, -0.05) is 35.9 Å². The second-order valence-electron chi connectivity index (χ2n) is 5.37. The summed E-state index contributed by atoms with van der Waals surface area (Å²) in [6.07, 6.45) is 0. The van der Waals surface area contributed by atoms with E-state index < -0.39 is 0 Å². The number of halogens is 1. The number of thioether (sulfide) groups is 1. The highest BCUT2D eigenvalue weighted by atomic mass is 35.5. The molecule has 0 bridgehead atoms. The average molecular weight is 316 g/mol. The number of hydrogen-bond donors (Lipinski definition) is 2. The van der Waals surface area contributed by atoms with E-state index in [2.05, 4.69) is 46.7 Å². The Labute approximate surface area is 133 Å². The first-order chi connectivity index (χ1) is 10.3. The molecule has 2 aromatic rings. The molecule has 0 aromatic heterocycles. The van der Waals surface area contributed by atoms with Gasteiger partial charge in [0.25, 0.3) is 5.84 Å². The summed E-state index contributed by atoms with van der Waals surface area (Å²) in [5.41, 5.74) is 4.08. The van der Waals surface area contributed by atoms with Crippen molar-refractivity contribution in [3.63, 3.8) is 0 Å². The Kier molecular flexibility index (Phi) is 3.40. The average Bonchev–Trinajstić information content (AvgIpc) is 2.97.